The monoisotopic (exact) mass is 236 g/mol. The summed E-state index contributed by atoms with van der Waals surface area (Å²) >= 11 is 4.35. The first-order valence-electron chi connectivity index (χ1n) is 3.05. The molecule has 0 aromatic carbocycles. The lowest BCUT2D eigenvalue weighted by molar-refractivity contribution is -0.139. The molecule has 0 saturated carbocycles. The molecule has 0 amide bonds. The van der Waals surface area contributed by atoms with Gasteiger partial charge in [-0.25, -0.2) is 9.18 Å². The zero-order valence-electron chi connectivity index (χ0n) is 6.60. The van der Waals surface area contributed by atoms with Crippen LogP contribution in [0.2, 0.25) is 0 Å². The van der Waals surface area contributed by atoms with Gasteiger partial charge >= 0.3 is 5.97 Å². The normalized spacial score (nSPS) is 11.8. The molecule has 0 aliphatic rings. The minimum atomic E-state index is -2.26. The highest BCUT2D eigenvalue weighted by atomic mass is 35.5. The van der Waals surface area contributed by atoms with Gasteiger partial charge in [0.25, 0.3) is 5.63 Å². The van der Waals surface area contributed by atoms with Gasteiger partial charge in [0.15, 0.2) is 0 Å². The minimum absolute atomic E-state index is 0.0810. The molecule has 0 fully saturated rings. The molecule has 0 radical (unpaired) electrons. The van der Waals surface area contributed by atoms with Crippen LogP contribution in [0.15, 0.2) is 0 Å². The zero-order chi connectivity index (χ0) is 10.9. The second-order valence-electron chi connectivity index (χ2n) is 1.73. The van der Waals surface area contributed by atoms with Gasteiger partial charge < -0.3 is 20.4 Å². The van der Waals surface area contributed by atoms with E-state index in [1.807, 2.05) is 0 Å². The first-order valence-corrected chi connectivity index (χ1v) is 5.38. The Morgan fingerprint density at radius 1 is 1.31 bits per heavy atom. The molecular weight excluding hydrogens is 225 g/mol. The fraction of sp³-hybridized carbons (Fsp3) is 0.800. The standard InChI is InChI=1S/C3H9O3P.C2H2ClFO2/c4-1-7(2-5)3-6;3-1(4)2(5)6/h4-6H,1-3H2;1H,(H,5,6). The molecule has 0 aromatic rings. The first-order chi connectivity index (χ1) is 5.99. The van der Waals surface area contributed by atoms with E-state index in [0.717, 1.165) is 0 Å². The molecular formula is C5H11ClFO5P. The Morgan fingerprint density at radius 3 is 1.54 bits per heavy atom. The van der Waals surface area contributed by atoms with E-state index in [0.29, 0.717) is 0 Å². The lowest BCUT2D eigenvalue weighted by Gasteiger charge is -2.03. The van der Waals surface area contributed by atoms with Crippen LogP contribution in [0.3, 0.4) is 0 Å². The summed E-state index contributed by atoms with van der Waals surface area (Å²) in [5.74, 6) is -1.64. The summed E-state index contributed by atoms with van der Waals surface area (Å²) in [7, 11) is -0.887. The van der Waals surface area contributed by atoms with Gasteiger partial charge in [-0.3, -0.25) is 0 Å². The molecule has 0 heterocycles. The maximum absolute atomic E-state index is 11.0. The van der Waals surface area contributed by atoms with Crippen molar-refractivity contribution in [2.24, 2.45) is 0 Å². The Labute approximate surface area is 80.5 Å². The van der Waals surface area contributed by atoms with Crippen LogP contribution in [0.25, 0.3) is 0 Å². The van der Waals surface area contributed by atoms with Gasteiger partial charge in [-0.2, -0.15) is 0 Å². The number of rotatable bonds is 4. The minimum Gasteiger partial charge on any atom is -0.478 e. The van der Waals surface area contributed by atoms with Crippen LogP contribution in [-0.2, 0) is 4.79 Å². The van der Waals surface area contributed by atoms with Gasteiger partial charge in [-0.1, -0.05) is 11.6 Å². The molecule has 0 saturated heterocycles. The Morgan fingerprint density at radius 2 is 1.54 bits per heavy atom. The Balaban J connectivity index is 0. The van der Waals surface area contributed by atoms with E-state index in [-0.39, 0.29) is 19.0 Å². The maximum Gasteiger partial charge on any atom is 0.354 e. The van der Waals surface area contributed by atoms with E-state index in [1.54, 1.807) is 0 Å². The van der Waals surface area contributed by atoms with E-state index >= 15 is 0 Å². The quantitative estimate of drug-likeness (QED) is 0.404. The molecule has 80 valence electrons. The van der Waals surface area contributed by atoms with E-state index in [2.05, 4.69) is 11.6 Å². The number of hydrogen-bond donors (Lipinski definition) is 4. The predicted molar refractivity (Wildman–Crippen MR) is 46.6 cm³/mol. The van der Waals surface area contributed by atoms with Gasteiger partial charge in [0.1, 0.15) is 0 Å². The molecule has 4 N–H and O–H groups in total. The van der Waals surface area contributed by atoms with Crippen molar-refractivity contribution < 1.29 is 29.6 Å². The Bertz CT molecular complexity index is 127. The third-order valence-electron chi connectivity index (χ3n) is 0.787. The van der Waals surface area contributed by atoms with Gasteiger partial charge in [-0.15, -0.1) is 0 Å². The molecule has 0 aliphatic carbocycles. The fourth-order valence-electron chi connectivity index (χ4n) is 0.134. The van der Waals surface area contributed by atoms with Crippen molar-refractivity contribution >= 4 is 25.5 Å². The van der Waals surface area contributed by atoms with Gasteiger partial charge in [0.2, 0.25) is 0 Å². The van der Waals surface area contributed by atoms with Crippen molar-refractivity contribution in [1.29, 1.82) is 0 Å². The van der Waals surface area contributed by atoms with Gasteiger partial charge in [-0.05, 0) is 7.92 Å². The summed E-state index contributed by atoms with van der Waals surface area (Å²) in [6.45, 7) is 0. The topological polar surface area (TPSA) is 98.0 Å². The van der Waals surface area contributed by atoms with Gasteiger partial charge in [0, 0.05) is 0 Å². The van der Waals surface area contributed by atoms with Crippen LogP contribution < -0.4 is 0 Å². The lowest BCUT2D eigenvalue weighted by atomic mass is 10.8. The summed E-state index contributed by atoms with van der Waals surface area (Å²) in [5.41, 5.74) is -2.26. The number of aliphatic carboxylic acids is 1. The highest BCUT2D eigenvalue weighted by Gasteiger charge is 2.07. The summed E-state index contributed by atoms with van der Waals surface area (Å²) < 4.78 is 11.0. The lowest BCUT2D eigenvalue weighted by Crippen LogP contribution is -2.05. The second kappa shape index (κ2) is 10.1. The Kier molecular flexibility index (Phi) is 12.0. The molecule has 8 heteroatoms. The van der Waals surface area contributed by atoms with E-state index in [9.17, 15) is 9.18 Å². The van der Waals surface area contributed by atoms with Crippen molar-refractivity contribution in [3.63, 3.8) is 0 Å². The number of aliphatic hydroxyl groups is 3. The SMILES string of the molecule is O=C(O)C(F)Cl.OCP(CO)CO. The number of hydrogen-bond acceptors (Lipinski definition) is 4. The molecule has 0 spiro atoms. The first kappa shape index (κ1) is 15.5. The van der Waals surface area contributed by atoms with Crippen LogP contribution in [0.1, 0.15) is 0 Å². The molecule has 1 atom stereocenters. The molecule has 0 aliphatic heterocycles. The van der Waals surface area contributed by atoms with Crippen molar-refractivity contribution in [3.8, 4) is 0 Å². The number of carboxylic acid groups (broad SMARTS) is 1. The summed E-state index contributed by atoms with van der Waals surface area (Å²) in [6, 6.07) is 0. The molecule has 1 unspecified atom stereocenters. The number of halogens is 2. The molecule has 0 aromatic heterocycles. The maximum atomic E-state index is 11.0. The summed E-state index contributed by atoms with van der Waals surface area (Å²) in [5, 5.41) is 32.2. The van der Waals surface area contributed by atoms with E-state index in [4.69, 9.17) is 20.4 Å². The number of alkyl halides is 2. The number of carboxylic acids is 1. The third kappa shape index (κ3) is 12.0. The number of carbonyl (C=O) groups is 1. The molecule has 13 heavy (non-hydrogen) atoms. The van der Waals surface area contributed by atoms with Crippen molar-refractivity contribution in [2.75, 3.05) is 19.0 Å². The Hall–Kier alpha value is -0.0000000000000000971. The van der Waals surface area contributed by atoms with Gasteiger partial charge in [0.05, 0.1) is 19.0 Å². The summed E-state index contributed by atoms with van der Waals surface area (Å²) in [6.07, 6.45) is -0.243. The fourth-order valence-corrected chi connectivity index (χ4v) is 0.402. The number of aliphatic hydroxyl groups excluding tert-OH is 3. The van der Waals surface area contributed by atoms with Crippen LogP contribution in [-0.4, -0.2) is 51.1 Å². The highest BCUT2D eigenvalue weighted by Crippen LogP contribution is 2.29. The molecule has 5 nitrogen and oxygen atoms in total. The summed E-state index contributed by atoms with van der Waals surface area (Å²) in [4.78, 5) is 9.19. The van der Waals surface area contributed by atoms with Crippen LogP contribution in [0.4, 0.5) is 4.39 Å². The van der Waals surface area contributed by atoms with Crippen LogP contribution >= 0.6 is 19.5 Å². The van der Waals surface area contributed by atoms with Crippen molar-refractivity contribution in [2.45, 2.75) is 5.63 Å². The van der Waals surface area contributed by atoms with E-state index in [1.165, 1.54) is 0 Å². The molecule has 0 bridgehead atoms. The highest BCUT2D eigenvalue weighted by molar-refractivity contribution is 7.56. The zero-order valence-corrected chi connectivity index (χ0v) is 8.25. The average molecular weight is 237 g/mol. The predicted octanol–water partition coefficient (Wildman–Crippen LogP) is -0.0769. The molecule has 0 rings (SSSR count). The van der Waals surface area contributed by atoms with Crippen LogP contribution in [0.5, 0.6) is 0 Å². The smallest absolute Gasteiger partial charge is 0.354 e. The second-order valence-corrected chi connectivity index (χ2v) is 4.31. The third-order valence-corrected chi connectivity index (χ3v) is 2.17. The average Bonchev–Trinajstić information content (AvgIpc) is 2.08. The van der Waals surface area contributed by atoms with E-state index < -0.39 is 19.5 Å². The van der Waals surface area contributed by atoms with Crippen molar-refractivity contribution in [1.82, 2.24) is 0 Å². The largest absolute Gasteiger partial charge is 0.478 e. The van der Waals surface area contributed by atoms with Crippen LogP contribution in [0, 0.1) is 0 Å². The van der Waals surface area contributed by atoms with Crippen molar-refractivity contribution in [3.05, 3.63) is 0 Å².